The number of carbonyl (C=O) groups is 1. The van der Waals surface area contributed by atoms with Gasteiger partial charge in [0.15, 0.2) is 0 Å². The minimum Gasteiger partial charge on any atom is -0.450 e. The van der Waals surface area contributed by atoms with E-state index < -0.39 is 6.09 Å². The van der Waals surface area contributed by atoms with Crippen molar-refractivity contribution in [3.63, 3.8) is 0 Å². The van der Waals surface area contributed by atoms with Gasteiger partial charge in [0, 0.05) is 24.8 Å². The van der Waals surface area contributed by atoms with Gasteiger partial charge in [0.1, 0.15) is 5.82 Å². The maximum absolute atomic E-state index is 11.5. The van der Waals surface area contributed by atoms with Crippen molar-refractivity contribution in [2.45, 2.75) is 39.9 Å². The van der Waals surface area contributed by atoms with Crippen LogP contribution in [-0.4, -0.2) is 39.7 Å². The van der Waals surface area contributed by atoms with Gasteiger partial charge in [-0.25, -0.2) is 9.78 Å². The van der Waals surface area contributed by atoms with Crippen LogP contribution in [0.5, 0.6) is 0 Å². The van der Waals surface area contributed by atoms with E-state index in [1.165, 1.54) is 0 Å². The Morgan fingerprint density at radius 2 is 2.23 bits per heavy atom. The molecule has 0 aliphatic carbocycles. The lowest BCUT2D eigenvalue weighted by Crippen LogP contribution is -2.38. The van der Waals surface area contributed by atoms with E-state index in [-0.39, 0.29) is 0 Å². The predicted octanol–water partition coefficient (Wildman–Crippen LogP) is 2.83. The molecule has 1 N–H and O–H groups in total. The van der Waals surface area contributed by atoms with Gasteiger partial charge in [0.2, 0.25) is 0 Å². The summed E-state index contributed by atoms with van der Waals surface area (Å²) in [6.45, 7) is 9.42. The van der Waals surface area contributed by atoms with Crippen LogP contribution < -0.4 is 5.32 Å². The number of benzene rings is 1. The van der Waals surface area contributed by atoms with Crippen molar-refractivity contribution in [2.24, 2.45) is 0 Å². The van der Waals surface area contributed by atoms with Crippen molar-refractivity contribution in [2.75, 3.05) is 18.5 Å². The molecule has 118 valence electrons. The summed E-state index contributed by atoms with van der Waals surface area (Å²) < 4.78 is 7.16. The standard InChI is InChI=1S/C16H22N4O2/c1-4-22-16(21)17-12-5-6-14-13(9-12)18-15-10-19(11(2)3)7-8-20(14)15/h5-6,9,11H,4,7-8,10H2,1-3H3,(H,17,21). The quantitative estimate of drug-likeness (QED) is 0.947. The maximum Gasteiger partial charge on any atom is 0.411 e. The molecule has 0 saturated carbocycles. The minimum absolute atomic E-state index is 0.359. The zero-order valence-corrected chi connectivity index (χ0v) is 13.3. The van der Waals surface area contributed by atoms with Crippen molar-refractivity contribution in [1.29, 1.82) is 0 Å². The predicted molar refractivity (Wildman–Crippen MR) is 85.9 cm³/mol. The monoisotopic (exact) mass is 302 g/mol. The first-order valence-electron chi connectivity index (χ1n) is 7.75. The fourth-order valence-electron chi connectivity index (χ4n) is 2.84. The second kappa shape index (κ2) is 5.96. The highest BCUT2D eigenvalue weighted by Gasteiger charge is 2.21. The van der Waals surface area contributed by atoms with Gasteiger partial charge < -0.3 is 9.30 Å². The Balaban J connectivity index is 1.87. The summed E-state index contributed by atoms with van der Waals surface area (Å²) in [7, 11) is 0. The number of carbonyl (C=O) groups excluding carboxylic acids is 1. The zero-order valence-electron chi connectivity index (χ0n) is 13.3. The molecule has 1 aromatic carbocycles. The Hall–Kier alpha value is -2.08. The van der Waals surface area contributed by atoms with Crippen molar-refractivity contribution in [1.82, 2.24) is 14.5 Å². The SMILES string of the molecule is CCOC(=O)Nc1ccc2c(c1)nc1n2CCN(C(C)C)C1. The fourth-order valence-corrected chi connectivity index (χ4v) is 2.84. The topological polar surface area (TPSA) is 59.4 Å². The van der Waals surface area contributed by atoms with E-state index in [9.17, 15) is 4.79 Å². The first-order chi connectivity index (χ1) is 10.6. The molecule has 0 bridgehead atoms. The summed E-state index contributed by atoms with van der Waals surface area (Å²) in [5.74, 6) is 1.09. The van der Waals surface area contributed by atoms with Crippen LogP contribution in [0.1, 0.15) is 26.6 Å². The first-order valence-corrected chi connectivity index (χ1v) is 7.75. The number of hydrogen-bond acceptors (Lipinski definition) is 4. The molecule has 6 nitrogen and oxygen atoms in total. The minimum atomic E-state index is -0.434. The molecule has 6 heteroatoms. The number of imidazole rings is 1. The highest BCUT2D eigenvalue weighted by atomic mass is 16.5. The summed E-state index contributed by atoms with van der Waals surface area (Å²) in [5.41, 5.74) is 2.74. The third-order valence-electron chi connectivity index (χ3n) is 4.03. The Morgan fingerprint density at radius 3 is 2.95 bits per heavy atom. The summed E-state index contributed by atoms with van der Waals surface area (Å²) in [6, 6.07) is 6.33. The third-order valence-corrected chi connectivity index (χ3v) is 4.03. The molecule has 2 aromatic rings. The molecule has 2 heterocycles. The Bertz CT molecular complexity index is 693. The summed E-state index contributed by atoms with van der Waals surface area (Å²) in [5, 5.41) is 2.72. The highest BCUT2D eigenvalue weighted by Crippen LogP contribution is 2.24. The lowest BCUT2D eigenvalue weighted by Gasteiger charge is -2.30. The molecule has 0 unspecified atom stereocenters. The number of ether oxygens (including phenoxy) is 1. The second-order valence-corrected chi connectivity index (χ2v) is 5.79. The molecule has 0 saturated heterocycles. The van der Waals surface area contributed by atoms with Crippen molar-refractivity contribution in [3.05, 3.63) is 24.0 Å². The molecule has 0 radical (unpaired) electrons. The van der Waals surface area contributed by atoms with Gasteiger partial charge in [0.25, 0.3) is 0 Å². The highest BCUT2D eigenvalue weighted by molar-refractivity contribution is 5.89. The zero-order chi connectivity index (χ0) is 15.7. The average Bonchev–Trinajstić information content (AvgIpc) is 2.83. The number of amides is 1. The van der Waals surface area contributed by atoms with Gasteiger partial charge in [-0.05, 0) is 39.0 Å². The molecule has 0 spiro atoms. The fraction of sp³-hybridized carbons (Fsp3) is 0.500. The summed E-state index contributed by atoms with van der Waals surface area (Å²) in [6.07, 6.45) is -0.434. The average molecular weight is 302 g/mol. The van der Waals surface area contributed by atoms with Crippen LogP contribution in [0.3, 0.4) is 0 Å². The molecule has 1 amide bonds. The molecule has 1 aliphatic heterocycles. The van der Waals surface area contributed by atoms with Crippen LogP contribution in [-0.2, 0) is 17.8 Å². The van der Waals surface area contributed by atoms with E-state index in [4.69, 9.17) is 9.72 Å². The van der Waals surface area contributed by atoms with E-state index in [0.717, 1.165) is 36.5 Å². The Morgan fingerprint density at radius 1 is 1.41 bits per heavy atom. The number of nitrogens with zero attached hydrogens (tertiary/aromatic N) is 3. The summed E-state index contributed by atoms with van der Waals surface area (Å²) in [4.78, 5) is 18.6. The van der Waals surface area contributed by atoms with Crippen LogP contribution in [0.25, 0.3) is 11.0 Å². The van der Waals surface area contributed by atoms with E-state index in [2.05, 4.69) is 28.6 Å². The van der Waals surface area contributed by atoms with Gasteiger partial charge in [-0.2, -0.15) is 0 Å². The van der Waals surface area contributed by atoms with Crippen LogP contribution in [0, 0.1) is 0 Å². The van der Waals surface area contributed by atoms with Gasteiger partial charge in [-0.15, -0.1) is 0 Å². The lowest BCUT2D eigenvalue weighted by atomic mass is 10.2. The molecule has 0 fully saturated rings. The molecule has 1 aliphatic rings. The van der Waals surface area contributed by atoms with E-state index in [0.29, 0.717) is 18.3 Å². The number of anilines is 1. The van der Waals surface area contributed by atoms with E-state index in [1.54, 1.807) is 6.92 Å². The van der Waals surface area contributed by atoms with Crippen molar-refractivity contribution in [3.8, 4) is 0 Å². The van der Waals surface area contributed by atoms with Gasteiger partial charge in [-0.3, -0.25) is 10.2 Å². The molecule has 22 heavy (non-hydrogen) atoms. The Labute approximate surface area is 130 Å². The Kier molecular flexibility index (Phi) is 4.02. The second-order valence-electron chi connectivity index (χ2n) is 5.79. The first kappa shape index (κ1) is 14.8. The third kappa shape index (κ3) is 2.78. The maximum atomic E-state index is 11.5. The molecule has 0 atom stereocenters. The summed E-state index contributed by atoms with van der Waals surface area (Å²) >= 11 is 0. The number of rotatable bonds is 3. The number of fused-ring (bicyclic) bond motifs is 3. The molecule has 3 rings (SSSR count). The lowest BCUT2D eigenvalue weighted by molar-refractivity contribution is 0.168. The van der Waals surface area contributed by atoms with Crippen LogP contribution in [0.2, 0.25) is 0 Å². The number of nitrogens with one attached hydrogen (secondary N) is 1. The number of hydrogen-bond donors (Lipinski definition) is 1. The van der Waals surface area contributed by atoms with Crippen molar-refractivity contribution < 1.29 is 9.53 Å². The van der Waals surface area contributed by atoms with E-state index >= 15 is 0 Å². The van der Waals surface area contributed by atoms with Crippen LogP contribution in [0.15, 0.2) is 18.2 Å². The smallest absolute Gasteiger partial charge is 0.411 e. The number of aromatic nitrogens is 2. The van der Waals surface area contributed by atoms with Crippen molar-refractivity contribution >= 4 is 22.8 Å². The van der Waals surface area contributed by atoms with Crippen LogP contribution >= 0.6 is 0 Å². The molecular formula is C16H22N4O2. The van der Waals surface area contributed by atoms with Gasteiger partial charge in [-0.1, -0.05) is 0 Å². The van der Waals surface area contributed by atoms with Crippen LogP contribution in [0.4, 0.5) is 10.5 Å². The van der Waals surface area contributed by atoms with E-state index in [1.807, 2.05) is 18.2 Å². The largest absolute Gasteiger partial charge is 0.450 e. The van der Waals surface area contributed by atoms with Gasteiger partial charge in [0.05, 0.1) is 24.2 Å². The molecular weight excluding hydrogens is 280 g/mol. The normalized spacial score (nSPS) is 15.1. The molecule has 1 aromatic heterocycles. The van der Waals surface area contributed by atoms with Gasteiger partial charge >= 0.3 is 6.09 Å².